The van der Waals surface area contributed by atoms with Crippen molar-refractivity contribution >= 4 is 17.6 Å². The van der Waals surface area contributed by atoms with Crippen LogP contribution in [0.2, 0.25) is 5.02 Å². The van der Waals surface area contributed by atoms with E-state index in [0.29, 0.717) is 31.4 Å². The lowest BCUT2D eigenvalue weighted by Crippen LogP contribution is -2.09. The second-order valence-corrected chi connectivity index (χ2v) is 7.44. The summed E-state index contributed by atoms with van der Waals surface area (Å²) in [7, 11) is 1.23. The maximum atomic E-state index is 12.2. The van der Waals surface area contributed by atoms with Crippen LogP contribution in [-0.4, -0.2) is 29.9 Å². The summed E-state index contributed by atoms with van der Waals surface area (Å²) in [6, 6.07) is 17.0. The van der Waals surface area contributed by atoms with E-state index < -0.39 is 5.97 Å². The van der Waals surface area contributed by atoms with Crippen molar-refractivity contribution in [3.05, 3.63) is 87.4 Å². The van der Waals surface area contributed by atoms with Gasteiger partial charge in [0.15, 0.2) is 0 Å². The second-order valence-electron chi connectivity index (χ2n) is 7.06. The predicted octanol–water partition coefficient (Wildman–Crippen LogP) is 5.31. The third-order valence-corrected chi connectivity index (χ3v) is 5.55. The van der Waals surface area contributed by atoms with Gasteiger partial charge in [-0.1, -0.05) is 54.1 Å². The molecule has 2 N–H and O–H groups in total. The summed E-state index contributed by atoms with van der Waals surface area (Å²) in [5, 5.41) is 20.3. The molecular weight excluding hydrogens is 416 g/mol. The first kappa shape index (κ1) is 22.5. The average Bonchev–Trinajstić information content (AvgIpc) is 2.77. The fraction of sp³-hybridized carbons (Fsp3) is 0.240. The van der Waals surface area contributed by atoms with E-state index in [1.807, 2.05) is 49.4 Å². The van der Waals surface area contributed by atoms with E-state index in [2.05, 4.69) is 6.07 Å². The van der Waals surface area contributed by atoms with Crippen molar-refractivity contribution in [2.75, 3.05) is 13.7 Å². The molecule has 0 amide bonds. The van der Waals surface area contributed by atoms with E-state index in [-0.39, 0.29) is 22.1 Å². The van der Waals surface area contributed by atoms with Gasteiger partial charge in [-0.15, -0.1) is 0 Å². The highest BCUT2D eigenvalue weighted by molar-refractivity contribution is 6.33. The normalized spacial score (nSPS) is 10.7. The topological polar surface area (TPSA) is 76.0 Å². The van der Waals surface area contributed by atoms with Gasteiger partial charge in [0.2, 0.25) is 0 Å². The monoisotopic (exact) mass is 440 g/mol. The van der Waals surface area contributed by atoms with Gasteiger partial charge in [-0.05, 0) is 48.1 Å². The first-order valence-corrected chi connectivity index (χ1v) is 10.4. The number of aryl methyl sites for hydroxylation is 1. The van der Waals surface area contributed by atoms with Gasteiger partial charge in [-0.3, -0.25) is 0 Å². The van der Waals surface area contributed by atoms with Crippen LogP contribution in [0, 0.1) is 0 Å². The Morgan fingerprint density at radius 3 is 2.26 bits per heavy atom. The molecule has 0 heterocycles. The average molecular weight is 441 g/mol. The summed E-state index contributed by atoms with van der Waals surface area (Å²) >= 11 is 6.28. The number of carbonyl (C=O) groups is 1. The van der Waals surface area contributed by atoms with Gasteiger partial charge in [0.25, 0.3) is 0 Å². The number of phenols is 2. The number of phenolic OH excluding ortho intramolecular Hbond substituents is 2. The Hall–Kier alpha value is -3.18. The summed E-state index contributed by atoms with van der Waals surface area (Å²) in [4.78, 5) is 12.2. The number of methoxy groups -OCH3 is 1. The van der Waals surface area contributed by atoms with Crippen LogP contribution < -0.4 is 4.74 Å². The van der Waals surface area contributed by atoms with Crippen molar-refractivity contribution < 1.29 is 24.5 Å². The number of para-hydroxylation sites is 1. The molecule has 0 spiro atoms. The van der Waals surface area contributed by atoms with Crippen LogP contribution in [-0.2, 0) is 24.0 Å². The van der Waals surface area contributed by atoms with E-state index in [1.165, 1.54) is 7.11 Å². The van der Waals surface area contributed by atoms with Gasteiger partial charge in [-0.2, -0.15) is 0 Å². The highest BCUT2D eigenvalue weighted by Gasteiger charge is 2.23. The molecule has 0 saturated heterocycles. The third kappa shape index (κ3) is 5.12. The minimum atomic E-state index is -0.701. The Bertz CT molecular complexity index is 1080. The summed E-state index contributed by atoms with van der Waals surface area (Å²) < 4.78 is 10.5. The van der Waals surface area contributed by atoms with Gasteiger partial charge in [-0.25, -0.2) is 4.79 Å². The molecular formula is C25H25ClO5. The molecule has 0 radical (unpaired) electrons. The Morgan fingerprint density at radius 1 is 0.935 bits per heavy atom. The lowest BCUT2D eigenvalue weighted by Gasteiger charge is -2.15. The van der Waals surface area contributed by atoms with Crippen LogP contribution in [0.15, 0.2) is 54.6 Å². The Morgan fingerprint density at radius 2 is 1.58 bits per heavy atom. The molecule has 6 heteroatoms. The smallest absolute Gasteiger partial charge is 0.341 e. The second kappa shape index (κ2) is 10.2. The van der Waals surface area contributed by atoms with E-state index in [4.69, 9.17) is 21.1 Å². The number of rotatable bonds is 8. The number of hydrogen-bond donors (Lipinski definition) is 2. The zero-order valence-electron chi connectivity index (χ0n) is 17.5. The molecule has 162 valence electrons. The number of carbonyl (C=O) groups excluding carboxylic acids is 1. The van der Waals surface area contributed by atoms with Crippen molar-refractivity contribution in [3.63, 3.8) is 0 Å². The SMILES string of the molecule is CCOc1ccccc1Cc1ccccc1CCc1c(Cl)c(O)cc(O)c1C(=O)OC. The van der Waals surface area contributed by atoms with Crippen LogP contribution >= 0.6 is 11.6 Å². The van der Waals surface area contributed by atoms with Crippen molar-refractivity contribution in [2.45, 2.75) is 26.2 Å². The molecule has 3 aromatic carbocycles. The number of halogens is 1. The molecule has 0 fully saturated rings. The third-order valence-electron chi connectivity index (χ3n) is 5.13. The molecule has 0 atom stereocenters. The van der Waals surface area contributed by atoms with E-state index >= 15 is 0 Å². The molecule has 3 rings (SSSR count). The maximum Gasteiger partial charge on any atom is 0.341 e. The van der Waals surface area contributed by atoms with Crippen LogP contribution in [0.5, 0.6) is 17.2 Å². The number of aromatic hydroxyl groups is 2. The first-order valence-electron chi connectivity index (χ1n) is 10.0. The maximum absolute atomic E-state index is 12.2. The molecule has 0 unspecified atom stereocenters. The number of benzene rings is 3. The van der Waals surface area contributed by atoms with E-state index in [9.17, 15) is 15.0 Å². The zero-order chi connectivity index (χ0) is 22.4. The molecule has 0 bridgehead atoms. The summed E-state index contributed by atoms with van der Waals surface area (Å²) in [5.41, 5.74) is 3.61. The van der Waals surface area contributed by atoms with Gasteiger partial charge in [0.1, 0.15) is 22.8 Å². The van der Waals surface area contributed by atoms with Gasteiger partial charge >= 0.3 is 5.97 Å². The summed E-state index contributed by atoms with van der Waals surface area (Å²) in [6.45, 7) is 2.55. The molecule has 5 nitrogen and oxygen atoms in total. The van der Waals surface area contributed by atoms with Crippen LogP contribution in [0.25, 0.3) is 0 Å². The first-order chi connectivity index (χ1) is 15.0. The highest BCUT2D eigenvalue weighted by atomic mass is 35.5. The van der Waals surface area contributed by atoms with Crippen LogP contribution in [0.4, 0.5) is 0 Å². The van der Waals surface area contributed by atoms with E-state index in [1.54, 1.807) is 0 Å². The predicted molar refractivity (Wildman–Crippen MR) is 120 cm³/mol. The summed E-state index contributed by atoms with van der Waals surface area (Å²) in [5.74, 6) is -0.481. The van der Waals surface area contributed by atoms with E-state index in [0.717, 1.165) is 28.5 Å². The van der Waals surface area contributed by atoms with Gasteiger partial charge in [0.05, 0.1) is 18.7 Å². The molecule has 3 aromatic rings. The lowest BCUT2D eigenvalue weighted by atomic mass is 9.93. The molecule has 31 heavy (non-hydrogen) atoms. The Balaban J connectivity index is 1.91. The minimum Gasteiger partial charge on any atom is -0.507 e. The molecule has 0 aliphatic rings. The van der Waals surface area contributed by atoms with Crippen molar-refractivity contribution in [2.24, 2.45) is 0 Å². The molecule has 0 aliphatic heterocycles. The van der Waals surface area contributed by atoms with Crippen LogP contribution in [0.3, 0.4) is 0 Å². The summed E-state index contributed by atoms with van der Waals surface area (Å²) in [6.07, 6.45) is 1.59. The Labute approximate surface area is 186 Å². The fourth-order valence-electron chi connectivity index (χ4n) is 3.63. The standard InChI is InChI=1S/C25H25ClO5/c1-3-31-22-11-7-6-10-18(22)14-17-9-5-4-8-16(17)12-13-19-23(25(29)30-2)20(27)15-21(28)24(19)26/h4-11,15,27-28H,3,12-14H2,1-2H3. The fourth-order valence-corrected chi connectivity index (χ4v) is 3.88. The van der Waals surface area contributed by atoms with Gasteiger partial charge in [0, 0.05) is 12.5 Å². The lowest BCUT2D eigenvalue weighted by molar-refractivity contribution is 0.0596. The molecule has 0 saturated carbocycles. The van der Waals surface area contributed by atoms with Crippen LogP contribution in [0.1, 0.15) is 39.5 Å². The molecule has 0 aromatic heterocycles. The number of ether oxygens (including phenoxy) is 2. The van der Waals surface area contributed by atoms with Crippen molar-refractivity contribution in [1.29, 1.82) is 0 Å². The number of hydrogen-bond acceptors (Lipinski definition) is 5. The van der Waals surface area contributed by atoms with Gasteiger partial charge < -0.3 is 19.7 Å². The quantitative estimate of drug-likeness (QED) is 0.464. The largest absolute Gasteiger partial charge is 0.507 e. The van der Waals surface area contributed by atoms with Crippen molar-refractivity contribution in [3.8, 4) is 17.2 Å². The highest BCUT2D eigenvalue weighted by Crippen LogP contribution is 2.37. The number of esters is 1. The Kier molecular flexibility index (Phi) is 7.42. The minimum absolute atomic E-state index is 0.0236. The zero-order valence-corrected chi connectivity index (χ0v) is 18.3. The molecule has 0 aliphatic carbocycles. The van der Waals surface area contributed by atoms with Crippen molar-refractivity contribution in [1.82, 2.24) is 0 Å².